The van der Waals surface area contributed by atoms with E-state index in [9.17, 15) is 0 Å². The molecule has 0 spiro atoms. The zero-order valence-corrected chi connectivity index (χ0v) is 12.2. The summed E-state index contributed by atoms with van der Waals surface area (Å²) in [5.74, 6) is 2.80. The van der Waals surface area contributed by atoms with Gasteiger partial charge < -0.3 is 4.42 Å². The second-order valence-electron chi connectivity index (χ2n) is 4.04. The van der Waals surface area contributed by atoms with Crippen LogP contribution in [0.3, 0.4) is 0 Å². The van der Waals surface area contributed by atoms with Crippen molar-refractivity contribution in [2.75, 3.05) is 0 Å². The monoisotopic (exact) mass is 226 g/mol. The minimum absolute atomic E-state index is 0.880. The number of rotatable bonds is 3. The Kier molecular flexibility index (Phi) is 13.6. The van der Waals surface area contributed by atoms with E-state index in [-0.39, 0.29) is 0 Å². The normalized spacial score (nSPS) is 9.31. The predicted octanol–water partition coefficient (Wildman–Crippen LogP) is 5.69. The Hall–Kier alpha value is -0.720. The molecule has 0 saturated heterocycles. The van der Waals surface area contributed by atoms with Gasteiger partial charge in [0.2, 0.25) is 0 Å². The predicted molar refractivity (Wildman–Crippen MR) is 73.7 cm³/mol. The van der Waals surface area contributed by atoms with Crippen LogP contribution in [0, 0.1) is 18.8 Å². The van der Waals surface area contributed by atoms with E-state index in [0.29, 0.717) is 0 Å². The van der Waals surface area contributed by atoms with Gasteiger partial charge in [0.05, 0.1) is 6.26 Å². The van der Waals surface area contributed by atoms with E-state index in [1.165, 1.54) is 12.8 Å². The molecule has 0 atom stereocenters. The van der Waals surface area contributed by atoms with Gasteiger partial charge in [0.1, 0.15) is 5.76 Å². The highest BCUT2D eigenvalue weighted by Gasteiger charge is 2.06. The molecule has 0 unspecified atom stereocenters. The highest BCUT2D eigenvalue weighted by atomic mass is 16.3. The third-order valence-corrected chi connectivity index (χ3v) is 2.65. The van der Waals surface area contributed by atoms with Gasteiger partial charge in [-0.05, 0) is 30.9 Å². The van der Waals surface area contributed by atoms with Gasteiger partial charge in [0, 0.05) is 0 Å². The van der Waals surface area contributed by atoms with Gasteiger partial charge in [-0.2, -0.15) is 0 Å². The minimum Gasteiger partial charge on any atom is -0.470 e. The molecule has 0 amide bonds. The molecule has 1 rings (SSSR count). The number of furan rings is 1. The van der Waals surface area contributed by atoms with Gasteiger partial charge in [-0.3, -0.25) is 0 Å². The highest BCUT2D eigenvalue weighted by molar-refractivity contribution is 4.93. The van der Waals surface area contributed by atoms with Crippen molar-refractivity contribution in [3.63, 3.8) is 0 Å². The van der Waals surface area contributed by atoms with Gasteiger partial charge in [-0.15, -0.1) is 0 Å². The summed E-state index contributed by atoms with van der Waals surface area (Å²) in [6.45, 7) is 15.1. The van der Waals surface area contributed by atoms with Crippen LogP contribution in [0.4, 0.5) is 0 Å². The zero-order chi connectivity index (χ0) is 13.0. The fraction of sp³-hybridized carbons (Fsp3) is 0.733. The van der Waals surface area contributed by atoms with E-state index in [1.807, 2.05) is 32.9 Å². The van der Waals surface area contributed by atoms with Crippen molar-refractivity contribution in [3.05, 3.63) is 24.2 Å². The molecular weight excluding hydrogens is 196 g/mol. The van der Waals surface area contributed by atoms with Gasteiger partial charge >= 0.3 is 0 Å². The van der Waals surface area contributed by atoms with Gasteiger partial charge in [0.25, 0.3) is 0 Å². The van der Waals surface area contributed by atoms with Crippen LogP contribution in [0.5, 0.6) is 0 Å². The lowest BCUT2D eigenvalue weighted by Crippen LogP contribution is -2.04. The van der Waals surface area contributed by atoms with Crippen LogP contribution in [0.15, 0.2) is 22.8 Å². The fourth-order valence-corrected chi connectivity index (χ4v) is 1.59. The molecule has 0 radical (unpaired) electrons. The van der Waals surface area contributed by atoms with Crippen molar-refractivity contribution in [2.45, 2.75) is 61.3 Å². The van der Waals surface area contributed by atoms with Gasteiger partial charge in [-0.1, -0.05) is 54.4 Å². The van der Waals surface area contributed by atoms with E-state index in [1.54, 1.807) is 6.26 Å². The van der Waals surface area contributed by atoms with Crippen molar-refractivity contribution in [3.8, 4) is 0 Å². The maximum atomic E-state index is 4.83. The van der Waals surface area contributed by atoms with E-state index in [4.69, 9.17) is 4.42 Å². The van der Waals surface area contributed by atoms with E-state index < -0.39 is 0 Å². The Morgan fingerprint density at radius 1 is 1.12 bits per heavy atom. The topological polar surface area (TPSA) is 13.1 Å². The Morgan fingerprint density at radius 2 is 1.62 bits per heavy atom. The quantitative estimate of drug-likeness (QED) is 0.645. The first-order valence-electron chi connectivity index (χ1n) is 6.61. The summed E-state index contributed by atoms with van der Waals surface area (Å²) in [6.07, 6.45) is 4.34. The summed E-state index contributed by atoms with van der Waals surface area (Å²) < 4.78 is 4.83. The van der Waals surface area contributed by atoms with Crippen LogP contribution in [-0.4, -0.2) is 0 Å². The Balaban J connectivity index is 0. The van der Waals surface area contributed by atoms with Crippen LogP contribution in [0.2, 0.25) is 0 Å². The Labute approximate surface area is 102 Å². The largest absolute Gasteiger partial charge is 0.470 e. The van der Waals surface area contributed by atoms with Gasteiger partial charge in [0.15, 0.2) is 0 Å². The zero-order valence-electron chi connectivity index (χ0n) is 12.2. The molecule has 1 nitrogen and oxygen atoms in total. The van der Waals surface area contributed by atoms with E-state index >= 15 is 0 Å². The highest BCUT2D eigenvalue weighted by Crippen LogP contribution is 2.17. The van der Waals surface area contributed by atoms with Crippen LogP contribution >= 0.6 is 0 Å². The average Bonchev–Trinajstić information content (AvgIpc) is 2.74. The first-order chi connectivity index (χ1) is 7.61. The minimum atomic E-state index is 0.880. The molecule has 0 saturated carbocycles. The van der Waals surface area contributed by atoms with Crippen molar-refractivity contribution in [1.29, 1.82) is 0 Å². The summed E-state index contributed by atoms with van der Waals surface area (Å²) in [5.41, 5.74) is 0. The lowest BCUT2D eigenvalue weighted by atomic mass is 9.91. The number of aryl methyl sites for hydroxylation is 1. The number of hydrogen-bond acceptors (Lipinski definition) is 1. The van der Waals surface area contributed by atoms with Crippen LogP contribution in [-0.2, 0) is 0 Å². The molecule has 0 aliphatic heterocycles. The van der Waals surface area contributed by atoms with Crippen molar-refractivity contribution in [1.82, 2.24) is 0 Å². The molecule has 16 heavy (non-hydrogen) atoms. The molecular formula is C15H30O. The second-order valence-corrected chi connectivity index (χ2v) is 4.04. The molecule has 0 bridgehead atoms. The Morgan fingerprint density at radius 3 is 1.69 bits per heavy atom. The van der Waals surface area contributed by atoms with E-state index in [2.05, 4.69) is 27.7 Å². The molecule has 0 N–H and O–H groups in total. The maximum absolute atomic E-state index is 4.83. The van der Waals surface area contributed by atoms with E-state index in [0.717, 1.165) is 17.6 Å². The molecule has 0 aliphatic carbocycles. The summed E-state index contributed by atoms with van der Waals surface area (Å²) in [4.78, 5) is 0. The average molecular weight is 226 g/mol. The molecule has 1 aromatic rings. The molecule has 1 heterocycles. The molecule has 0 aromatic carbocycles. The number of hydrogen-bond donors (Lipinski definition) is 0. The molecule has 0 aliphatic rings. The maximum Gasteiger partial charge on any atom is 0.100 e. The van der Waals surface area contributed by atoms with Crippen molar-refractivity contribution in [2.24, 2.45) is 11.8 Å². The summed E-state index contributed by atoms with van der Waals surface area (Å²) in [6, 6.07) is 3.79. The summed E-state index contributed by atoms with van der Waals surface area (Å²) in [5, 5.41) is 0. The molecule has 1 heteroatoms. The molecule has 96 valence electrons. The van der Waals surface area contributed by atoms with Crippen LogP contribution in [0.1, 0.15) is 60.1 Å². The van der Waals surface area contributed by atoms with Crippen molar-refractivity contribution < 1.29 is 4.42 Å². The first kappa shape index (κ1) is 17.7. The fourth-order valence-electron chi connectivity index (χ4n) is 1.59. The SMILES string of the molecule is CC.CCC(CC)C(C)C.Cc1ccco1. The standard InChI is InChI=1S/C8H18.C5H6O.C2H6/c1-5-8(6-2)7(3)4;1-5-3-2-4-6-5;1-2/h7-8H,5-6H2,1-4H3;2-4H,1H3;1-2H3. The Bertz CT molecular complexity index is 195. The third kappa shape index (κ3) is 9.82. The second kappa shape index (κ2) is 12.4. The molecule has 1 aromatic heterocycles. The summed E-state index contributed by atoms with van der Waals surface area (Å²) >= 11 is 0. The lowest BCUT2D eigenvalue weighted by molar-refractivity contribution is 0.362. The lowest BCUT2D eigenvalue weighted by Gasteiger charge is -2.15. The van der Waals surface area contributed by atoms with Crippen LogP contribution in [0.25, 0.3) is 0 Å². The van der Waals surface area contributed by atoms with Gasteiger partial charge in [-0.25, -0.2) is 0 Å². The summed E-state index contributed by atoms with van der Waals surface area (Å²) in [7, 11) is 0. The smallest absolute Gasteiger partial charge is 0.100 e. The third-order valence-electron chi connectivity index (χ3n) is 2.65. The van der Waals surface area contributed by atoms with Crippen LogP contribution < -0.4 is 0 Å². The first-order valence-corrected chi connectivity index (χ1v) is 6.61. The molecule has 0 fully saturated rings. The van der Waals surface area contributed by atoms with Crippen molar-refractivity contribution >= 4 is 0 Å².